The predicted molar refractivity (Wildman–Crippen MR) is 80.3 cm³/mol. The second-order valence-electron chi connectivity index (χ2n) is 4.35. The second-order valence-corrected chi connectivity index (χ2v) is 5.20. The summed E-state index contributed by atoms with van der Waals surface area (Å²) in [5.74, 6) is -0.355. The van der Waals surface area contributed by atoms with Crippen LogP contribution in [0.2, 0.25) is 0 Å². The first kappa shape index (κ1) is 15.0. The minimum absolute atomic E-state index is 0.145. The van der Waals surface area contributed by atoms with Gasteiger partial charge in [-0.3, -0.25) is 20.2 Å². The van der Waals surface area contributed by atoms with Gasteiger partial charge >= 0.3 is 0 Å². The number of amides is 1. The van der Waals surface area contributed by atoms with Gasteiger partial charge < -0.3 is 0 Å². The summed E-state index contributed by atoms with van der Waals surface area (Å²) >= 11 is 3.20. The third-order valence-electron chi connectivity index (χ3n) is 2.61. The van der Waals surface area contributed by atoms with E-state index in [4.69, 9.17) is 0 Å². The Hall–Kier alpha value is -2.35. The fourth-order valence-electron chi connectivity index (χ4n) is 1.75. The average Bonchev–Trinajstić information content (AvgIpc) is 2.37. The number of aryl methyl sites for hydroxylation is 2. The molecule has 2 rings (SSSR count). The third kappa shape index (κ3) is 3.60. The van der Waals surface area contributed by atoms with E-state index in [1.165, 1.54) is 18.2 Å². The first-order valence-corrected chi connectivity index (χ1v) is 6.73. The summed E-state index contributed by atoms with van der Waals surface area (Å²) in [6, 6.07) is 5.74. The molecule has 0 fully saturated rings. The molecule has 1 amide bonds. The number of anilines is 1. The van der Waals surface area contributed by atoms with Crippen LogP contribution in [-0.4, -0.2) is 20.8 Å². The molecule has 0 spiro atoms. The number of benzene rings is 1. The van der Waals surface area contributed by atoms with Crippen molar-refractivity contribution >= 4 is 33.5 Å². The Morgan fingerprint density at radius 2 is 1.86 bits per heavy atom. The van der Waals surface area contributed by atoms with Crippen molar-refractivity contribution in [1.82, 2.24) is 9.97 Å². The van der Waals surface area contributed by atoms with Crippen LogP contribution >= 0.6 is 15.9 Å². The Morgan fingerprint density at radius 3 is 2.43 bits per heavy atom. The van der Waals surface area contributed by atoms with E-state index in [0.29, 0.717) is 4.47 Å². The van der Waals surface area contributed by atoms with E-state index in [1.54, 1.807) is 19.9 Å². The van der Waals surface area contributed by atoms with E-state index in [9.17, 15) is 14.9 Å². The molecule has 1 heterocycles. The number of hydrogen-bond acceptors (Lipinski definition) is 5. The van der Waals surface area contributed by atoms with E-state index in [0.717, 1.165) is 11.4 Å². The van der Waals surface area contributed by atoms with Crippen molar-refractivity contribution in [1.29, 1.82) is 0 Å². The molecule has 0 saturated carbocycles. The molecular formula is C13H11BrN4O3. The van der Waals surface area contributed by atoms with Gasteiger partial charge in [-0.05, 0) is 41.9 Å². The van der Waals surface area contributed by atoms with Gasteiger partial charge in [0.15, 0.2) is 0 Å². The van der Waals surface area contributed by atoms with Crippen LogP contribution in [0.15, 0.2) is 28.7 Å². The molecule has 2 aromatic rings. The predicted octanol–water partition coefficient (Wildman–Crippen LogP) is 3.02. The van der Waals surface area contributed by atoms with Crippen molar-refractivity contribution in [3.8, 4) is 0 Å². The number of carbonyl (C=O) groups is 1. The molecule has 1 aromatic carbocycles. The molecule has 8 heteroatoms. The first-order chi connectivity index (χ1) is 9.86. The Bertz CT molecular complexity index is 713. The average molecular weight is 351 g/mol. The molecule has 0 aliphatic rings. The summed E-state index contributed by atoms with van der Waals surface area (Å²) in [6.07, 6.45) is 0. The van der Waals surface area contributed by atoms with Crippen molar-refractivity contribution < 1.29 is 9.72 Å². The lowest BCUT2D eigenvalue weighted by atomic mass is 10.2. The highest BCUT2D eigenvalue weighted by atomic mass is 79.9. The zero-order valence-electron chi connectivity index (χ0n) is 11.3. The summed E-state index contributed by atoms with van der Waals surface area (Å²) in [5, 5.41) is 13.3. The summed E-state index contributed by atoms with van der Waals surface area (Å²) in [5.41, 5.74) is 1.42. The summed E-state index contributed by atoms with van der Waals surface area (Å²) in [6.45, 7) is 3.57. The lowest BCUT2D eigenvalue weighted by Crippen LogP contribution is -2.15. The van der Waals surface area contributed by atoms with Gasteiger partial charge in [0.05, 0.1) is 10.5 Å². The number of hydrogen-bond donors (Lipinski definition) is 1. The van der Waals surface area contributed by atoms with Gasteiger partial charge in [0.2, 0.25) is 5.95 Å². The molecule has 0 atom stereocenters. The molecule has 1 aromatic heterocycles. The van der Waals surface area contributed by atoms with E-state index in [-0.39, 0.29) is 17.2 Å². The monoisotopic (exact) mass is 350 g/mol. The van der Waals surface area contributed by atoms with Crippen molar-refractivity contribution in [3.05, 3.63) is 55.8 Å². The number of halogens is 1. The summed E-state index contributed by atoms with van der Waals surface area (Å²) in [7, 11) is 0. The number of nitrogens with one attached hydrogen (secondary N) is 1. The van der Waals surface area contributed by atoms with E-state index in [1.807, 2.05) is 0 Å². The van der Waals surface area contributed by atoms with Crippen LogP contribution in [0.5, 0.6) is 0 Å². The Kier molecular flexibility index (Phi) is 4.27. The van der Waals surface area contributed by atoms with E-state index >= 15 is 0 Å². The molecule has 0 radical (unpaired) electrons. The first-order valence-electron chi connectivity index (χ1n) is 5.94. The minimum atomic E-state index is -0.559. The molecule has 0 saturated heterocycles. The van der Waals surface area contributed by atoms with Gasteiger partial charge in [0, 0.05) is 28.0 Å². The maximum atomic E-state index is 12.2. The van der Waals surface area contributed by atoms with Crippen LogP contribution in [0.4, 0.5) is 11.6 Å². The van der Waals surface area contributed by atoms with Crippen molar-refractivity contribution in [2.75, 3.05) is 5.32 Å². The number of nitro benzene ring substituents is 1. The topological polar surface area (TPSA) is 98.0 Å². The quantitative estimate of drug-likeness (QED) is 0.677. The Morgan fingerprint density at radius 1 is 1.24 bits per heavy atom. The normalized spacial score (nSPS) is 10.2. The fraction of sp³-hybridized carbons (Fsp3) is 0.154. The number of carbonyl (C=O) groups excluding carboxylic acids is 1. The standard InChI is InChI=1S/C13H11BrN4O3/c1-7-5-8(2)16-13(15-7)17-12(19)10-6-9(18(20)21)3-4-11(10)14/h3-6H,1-2H3,(H,15,16,17,19). The van der Waals surface area contributed by atoms with Crippen LogP contribution < -0.4 is 5.32 Å². The lowest BCUT2D eigenvalue weighted by molar-refractivity contribution is -0.384. The Balaban J connectivity index is 2.31. The van der Waals surface area contributed by atoms with Crippen LogP contribution in [0.25, 0.3) is 0 Å². The molecule has 0 aliphatic heterocycles. The van der Waals surface area contributed by atoms with Gasteiger partial charge in [0.1, 0.15) is 0 Å². The molecule has 1 N–H and O–H groups in total. The molecule has 0 bridgehead atoms. The van der Waals surface area contributed by atoms with E-state index in [2.05, 4.69) is 31.2 Å². The highest BCUT2D eigenvalue weighted by molar-refractivity contribution is 9.10. The van der Waals surface area contributed by atoms with Crippen LogP contribution in [-0.2, 0) is 0 Å². The maximum absolute atomic E-state index is 12.2. The van der Waals surface area contributed by atoms with E-state index < -0.39 is 10.8 Å². The molecule has 108 valence electrons. The maximum Gasteiger partial charge on any atom is 0.270 e. The number of nitrogens with zero attached hydrogens (tertiary/aromatic N) is 3. The van der Waals surface area contributed by atoms with Crippen LogP contribution in [0.1, 0.15) is 21.7 Å². The zero-order valence-corrected chi connectivity index (χ0v) is 12.8. The number of rotatable bonds is 3. The van der Waals surface area contributed by atoms with Crippen molar-refractivity contribution in [2.24, 2.45) is 0 Å². The molecule has 0 aliphatic carbocycles. The van der Waals surface area contributed by atoms with Gasteiger partial charge in [0.25, 0.3) is 11.6 Å². The smallest absolute Gasteiger partial charge is 0.270 e. The van der Waals surface area contributed by atoms with Crippen LogP contribution in [0, 0.1) is 24.0 Å². The summed E-state index contributed by atoms with van der Waals surface area (Å²) < 4.78 is 0.454. The Labute approximate surface area is 128 Å². The fourth-order valence-corrected chi connectivity index (χ4v) is 2.18. The van der Waals surface area contributed by atoms with Crippen LogP contribution in [0.3, 0.4) is 0 Å². The molecular weight excluding hydrogens is 340 g/mol. The SMILES string of the molecule is Cc1cc(C)nc(NC(=O)c2cc([N+](=O)[O-])ccc2Br)n1. The summed E-state index contributed by atoms with van der Waals surface area (Å²) in [4.78, 5) is 30.6. The number of aromatic nitrogens is 2. The van der Waals surface area contributed by atoms with Gasteiger partial charge in [-0.1, -0.05) is 0 Å². The van der Waals surface area contributed by atoms with Crippen molar-refractivity contribution in [2.45, 2.75) is 13.8 Å². The zero-order chi connectivity index (χ0) is 15.6. The highest BCUT2D eigenvalue weighted by Crippen LogP contribution is 2.23. The van der Waals surface area contributed by atoms with Gasteiger partial charge in [-0.2, -0.15) is 0 Å². The lowest BCUT2D eigenvalue weighted by Gasteiger charge is -2.07. The molecule has 7 nitrogen and oxygen atoms in total. The minimum Gasteiger partial charge on any atom is -0.290 e. The third-order valence-corrected chi connectivity index (χ3v) is 3.30. The highest BCUT2D eigenvalue weighted by Gasteiger charge is 2.16. The number of non-ortho nitro benzene ring substituents is 1. The number of nitro groups is 1. The largest absolute Gasteiger partial charge is 0.290 e. The molecule has 21 heavy (non-hydrogen) atoms. The second kappa shape index (κ2) is 5.96. The van der Waals surface area contributed by atoms with Gasteiger partial charge in [-0.15, -0.1) is 0 Å². The van der Waals surface area contributed by atoms with Gasteiger partial charge in [-0.25, -0.2) is 9.97 Å². The van der Waals surface area contributed by atoms with Crippen molar-refractivity contribution in [3.63, 3.8) is 0 Å². The molecule has 0 unspecified atom stereocenters.